The first-order chi connectivity index (χ1) is 7.79. The largest absolute Gasteiger partial charge is 0.389 e. The van der Waals surface area contributed by atoms with E-state index in [4.69, 9.17) is 5.11 Å². The van der Waals surface area contributed by atoms with Gasteiger partial charge in [0, 0.05) is 4.88 Å². The predicted octanol–water partition coefficient (Wildman–Crippen LogP) is 3.72. The topological polar surface area (TPSA) is 20.2 Å². The summed E-state index contributed by atoms with van der Waals surface area (Å²) in [7, 11) is 0. The summed E-state index contributed by atoms with van der Waals surface area (Å²) < 4.78 is 12.8. The fraction of sp³-hybridized carbons (Fsp3) is 0.0769. The van der Waals surface area contributed by atoms with E-state index in [0.717, 1.165) is 11.1 Å². The Kier molecular flexibility index (Phi) is 3.49. The lowest BCUT2D eigenvalue weighted by atomic mass is 10.1. The first kappa shape index (κ1) is 11.0. The number of benzene rings is 1. The van der Waals surface area contributed by atoms with Gasteiger partial charge in [0.05, 0.1) is 6.61 Å². The molecule has 3 heteroatoms. The molecule has 1 nitrogen and oxygen atoms in total. The zero-order chi connectivity index (χ0) is 11.4. The summed E-state index contributed by atoms with van der Waals surface area (Å²) >= 11 is 1.67. The lowest BCUT2D eigenvalue weighted by Gasteiger charge is -1.98. The van der Waals surface area contributed by atoms with Gasteiger partial charge in [0.25, 0.3) is 0 Å². The van der Waals surface area contributed by atoms with Crippen LogP contribution in [0.1, 0.15) is 5.56 Å². The van der Waals surface area contributed by atoms with Gasteiger partial charge in [0.15, 0.2) is 0 Å². The maximum Gasteiger partial charge on any atom is 0.126 e. The Morgan fingerprint density at radius 1 is 1.25 bits per heavy atom. The fourth-order valence-corrected chi connectivity index (χ4v) is 2.15. The maximum atomic E-state index is 12.8. The monoisotopic (exact) mass is 234 g/mol. The third-order valence-electron chi connectivity index (χ3n) is 2.19. The number of hydrogen-bond acceptors (Lipinski definition) is 2. The Morgan fingerprint density at radius 3 is 2.56 bits per heavy atom. The summed E-state index contributed by atoms with van der Waals surface area (Å²) in [5.74, 6) is -0.524. The van der Waals surface area contributed by atoms with Gasteiger partial charge in [-0.2, -0.15) is 0 Å². The quantitative estimate of drug-likeness (QED) is 0.858. The minimum Gasteiger partial charge on any atom is -0.389 e. The summed E-state index contributed by atoms with van der Waals surface area (Å²) in [6, 6.07) is 11.6. The highest BCUT2D eigenvalue weighted by Gasteiger charge is 1.98. The number of aliphatic hydroxyl groups is 1. The van der Waals surface area contributed by atoms with E-state index in [1.54, 1.807) is 11.3 Å². The normalized spacial score (nSPS) is 11.8. The number of aliphatic hydroxyl groups excluding tert-OH is 1. The Labute approximate surface area is 97.5 Å². The lowest BCUT2D eigenvalue weighted by Crippen LogP contribution is -1.82. The summed E-state index contributed by atoms with van der Waals surface area (Å²) in [5, 5.41) is 10.6. The van der Waals surface area contributed by atoms with Crippen LogP contribution in [0.4, 0.5) is 4.39 Å². The average Bonchev–Trinajstić information content (AvgIpc) is 2.83. The smallest absolute Gasteiger partial charge is 0.126 e. The van der Waals surface area contributed by atoms with Crippen LogP contribution in [0.3, 0.4) is 0 Å². The van der Waals surface area contributed by atoms with Gasteiger partial charge in [-0.1, -0.05) is 30.3 Å². The molecule has 0 aliphatic heterocycles. The van der Waals surface area contributed by atoms with E-state index >= 15 is 0 Å². The number of thiophene rings is 1. The van der Waals surface area contributed by atoms with Gasteiger partial charge in [0.2, 0.25) is 0 Å². The van der Waals surface area contributed by atoms with Crippen LogP contribution < -0.4 is 0 Å². The molecular formula is C13H11FOS. The second kappa shape index (κ2) is 5.05. The molecule has 1 N–H and O–H groups in total. The van der Waals surface area contributed by atoms with Crippen LogP contribution in [0.5, 0.6) is 0 Å². The Bertz CT molecular complexity index is 471. The third-order valence-corrected chi connectivity index (χ3v) is 3.11. The van der Waals surface area contributed by atoms with Crippen molar-refractivity contribution in [1.29, 1.82) is 0 Å². The van der Waals surface area contributed by atoms with E-state index in [1.807, 2.05) is 41.8 Å². The Hall–Kier alpha value is -1.45. The molecule has 2 aromatic rings. The van der Waals surface area contributed by atoms with Gasteiger partial charge in [0.1, 0.15) is 5.83 Å². The van der Waals surface area contributed by atoms with Crippen LogP contribution in [0.25, 0.3) is 16.5 Å². The number of halogens is 1. The predicted molar refractivity (Wildman–Crippen MR) is 65.9 cm³/mol. The second-order valence-corrected chi connectivity index (χ2v) is 4.30. The molecule has 1 aromatic carbocycles. The molecule has 0 aliphatic carbocycles. The summed E-state index contributed by atoms with van der Waals surface area (Å²) in [4.78, 5) is 1.19. The van der Waals surface area contributed by atoms with Gasteiger partial charge in [-0.3, -0.25) is 0 Å². The molecule has 0 fully saturated rings. The van der Waals surface area contributed by atoms with Crippen LogP contribution in [-0.2, 0) is 0 Å². The maximum absolute atomic E-state index is 12.8. The summed E-state index contributed by atoms with van der Waals surface area (Å²) in [6.07, 6.45) is 1.33. The molecule has 0 saturated carbocycles. The van der Waals surface area contributed by atoms with E-state index in [0.29, 0.717) is 0 Å². The summed E-state index contributed by atoms with van der Waals surface area (Å²) in [5.41, 5.74) is 1.88. The first-order valence-electron chi connectivity index (χ1n) is 4.90. The van der Waals surface area contributed by atoms with E-state index in [-0.39, 0.29) is 0 Å². The van der Waals surface area contributed by atoms with Gasteiger partial charge >= 0.3 is 0 Å². The second-order valence-electron chi connectivity index (χ2n) is 3.35. The molecule has 0 atom stereocenters. The standard InChI is InChI=1S/C13H11FOS/c14-12(9-15)8-10-3-5-11(6-4-10)13-2-1-7-16-13/h1-8,15H,9H2. The van der Waals surface area contributed by atoms with E-state index in [9.17, 15) is 4.39 Å². The fourth-order valence-electron chi connectivity index (χ4n) is 1.41. The van der Waals surface area contributed by atoms with Gasteiger partial charge in [-0.05, 0) is 28.6 Å². The average molecular weight is 234 g/mol. The van der Waals surface area contributed by atoms with Crippen LogP contribution in [0.2, 0.25) is 0 Å². The minimum absolute atomic E-state index is 0.524. The highest BCUT2D eigenvalue weighted by Crippen LogP contribution is 2.25. The molecule has 0 unspecified atom stereocenters. The highest BCUT2D eigenvalue weighted by molar-refractivity contribution is 7.13. The SMILES string of the molecule is OCC(F)=Cc1ccc(-c2cccs2)cc1. The summed E-state index contributed by atoms with van der Waals surface area (Å²) in [6.45, 7) is -0.549. The zero-order valence-corrected chi connectivity index (χ0v) is 9.38. The molecule has 16 heavy (non-hydrogen) atoms. The van der Waals surface area contributed by atoms with Crippen molar-refractivity contribution in [3.63, 3.8) is 0 Å². The van der Waals surface area contributed by atoms with E-state index in [1.165, 1.54) is 11.0 Å². The van der Waals surface area contributed by atoms with Crippen molar-refractivity contribution in [2.75, 3.05) is 6.61 Å². The molecule has 82 valence electrons. The molecule has 0 radical (unpaired) electrons. The molecule has 0 saturated heterocycles. The Balaban J connectivity index is 2.23. The first-order valence-corrected chi connectivity index (χ1v) is 5.78. The molecule has 0 bridgehead atoms. The van der Waals surface area contributed by atoms with Crippen LogP contribution in [0.15, 0.2) is 47.6 Å². The van der Waals surface area contributed by atoms with Crippen molar-refractivity contribution in [3.8, 4) is 10.4 Å². The van der Waals surface area contributed by atoms with Gasteiger partial charge in [-0.25, -0.2) is 4.39 Å². The van der Waals surface area contributed by atoms with Crippen molar-refractivity contribution < 1.29 is 9.50 Å². The molecular weight excluding hydrogens is 223 g/mol. The zero-order valence-electron chi connectivity index (χ0n) is 8.56. The third kappa shape index (κ3) is 2.56. The van der Waals surface area contributed by atoms with Crippen LogP contribution in [0, 0.1) is 0 Å². The van der Waals surface area contributed by atoms with Crippen LogP contribution in [-0.4, -0.2) is 11.7 Å². The van der Waals surface area contributed by atoms with Crippen molar-refractivity contribution in [2.24, 2.45) is 0 Å². The van der Waals surface area contributed by atoms with Crippen molar-refractivity contribution in [3.05, 3.63) is 53.2 Å². The highest BCUT2D eigenvalue weighted by atomic mass is 32.1. The van der Waals surface area contributed by atoms with Crippen molar-refractivity contribution >= 4 is 17.4 Å². The van der Waals surface area contributed by atoms with Crippen LogP contribution >= 0.6 is 11.3 Å². The van der Waals surface area contributed by atoms with Crippen molar-refractivity contribution in [2.45, 2.75) is 0 Å². The molecule has 1 heterocycles. The van der Waals surface area contributed by atoms with E-state index in [2.05, 4.69) is 0 Å². The number of rotatable bonds is 3. The Morgan fingerprint density at radius 2 is 2.00 bits per heavy atom. The lowest BCUT2D eigenvalue weighted by molar-refractivity contribution is 0.300. The number of hydrogen-bond donors (Lipinski definition) is 1. The minimum atomic E-state index is -0.549. The van der Waals surface area contributed by atoms with E-state index < -0.39 is 12.4 Å². The van der Waals surface area contributed by atoms with Crippen molar-refractivity contribution in [1.82, 2.24) is 0 Å². The van der Waals surface area contributed by atoms with Gasteiger partial charge < -0.3 is 5.11 Å². The molecule has 0 aliphatic rings. The van der Waals surface area contributed by atoms with Gasteiger partial charge in [-0.15, -0.1) is 11.3 Å². The molecule has 0 amide bonds. The molecule has 2 rings (SSSR count). The molecule has 0 spiro atoms. The molecule has 1 aromatic heterocycles.